The maximum absolute atomic E-state index is 3.72. The van der Waals surface area contributed by atoms with Crippen LogP contribution in [0, 0.1) is 5.92 Å². The van der Waals surface area contributed by atoms with E-state index in [0.717, 1.165) is 16.9 Å². The molecule has 0 bridgehead atoms. The van der Waals surface area contributed by atoms with Crippen molar-refractivity contribution in [3.63, 3.8) is 0 Å². The summed E-state index contributed by atoms with van der Waals surface area (Å²) in [6.07, 6.45) is 2.74. The van der Waals surface area contributed by atoms with E-state index in [0.29, 0.717) is 6.04 Å². The zero-order chi connectivity index (χ0) is 12.4. The second-order valence-electron chi connectivity index (χ2n) is 4.84. The lowest BCUT2D eigenvalue weighted by Crippen LogP contribution is -2.21. The number of thiophene rings is 1. The van der Waals surface area contributed by atoms with Gasteiger partial charge in [-0.3, -0.25) is 0 Å². The molecule has 1 unspecified atom stereocenters. The molecule has 0 radical (unpaired) electrons. The molecule has 0 amide bonds. The van der Waals surface area contributed by atoms with E-state index in [1.165, 1.54) is 23.3 Å². The first-order chi connectivity index (χ1) is 8.83. The summed E-state index contributed by atoms with van der Waals surface area (Å²) in [5.74, 6) is 0.843. The Morgan fingerprint density at radius 2 is 2.17 bits per heavy atom. The van der Waals surface area contributed by atoms with Crippen molar-refractivity contribution in [1.29, 1.82) is 0 Å². The summed E-state index contributed by atoms with van der Waals surface area (Å²) in [5, 5.41) is 5.89. The van der Waals surface area contributed by atoms with Gasteiger partial charge in [0.15, 0.2) is 0 Å². The van der Waals surface area contributed by atoms with E-state index in [1.54, 1.807) is 0 Å². The van der Waals surface area contributed by atoms with Gasteiger partial charge in [-0.2, -0.15) is 0 Å². The van der Waals surface area contributed by atoms with Crippen molar-refractivity contribution in [1.82, 2.24) is 5.32 Å². The third-order valence-electron chi connectivity index (χ3n) is 3.36. The fourth-order valence-corrected chi connectivity index (χ4v) is 3.61. The number of hydrogen-bond acceptors (Lipinski definition) is 2. The summed E-state index contributed by atoms with van der Waals surface area (Å²) < 4.78 is 1.15. The Balaban J connectivity index is 1.67. The molecule has 1 heterocycles. The summed E-state index contributed by atoms with van der Waals surface area (Å²) in [4.78, 5) is 1.48. The Labute approximate surface area is 120 Å². The first-order valence-corrected chi connectivity index (χ1v) is 8.01. The van der Waals surface area contributed by atoms with Crippen LogP contribution < -0.4 is 5.32 Å². The number of halogens is 1. The fourth-order valence-electron chi connectivity index (χ4n) is 2.27. The third kappa shape index (κ3) is 3.02. The molecule has 1 fully saturated rings. The van der Waals surface area contributed by atoms with Crippen LogP contribution in [0.15, 0.2) is 46.3 Å². The highest BCUT2D eigenvalue weighted by Gasteiger charge is 2.32. The molecular weight excluding hydrogens is 306 g/mol. The number of rotatable bonds is 5. The average molecular weight is 322 g/mol. The van der Waals surface area contributed by atoms with E-state index in [2.05, 4.69) is 63.0 Å². The normalized spacial score (nSPS) is 16.7. The molecule has 2 aromatic rings. The Morgan fingerprint density at radius 3 is 2.83 bits per heavy atom. The van der Waals surface area contributed by atoms with Crippen LogP contribution in [0.25, 0.3) is 0 Å². The van der Waals surface area contributed by atoms with Crippen molar-refractivity contribution in [2.75, 3.05) is 0 Å². The molecule has 1 aromatic heterocycles. The number of hydrogen-bond donors (Lipinski definition) is 1. The molecule has 18 heavy (non-hydrogen) atoms. The van der Waals surface area contributed by atoms with Crippen molar-refractivity contribution < 1.29 is 0 Å². The van der Waals surface area contributed by atoms with Gasteiger partial charge in [0, 0.05) is 21.9 Å². The van der Waals surface area contributed by atoms with Gasteiger partial charge in [0.1, 0.15) is 0 Å². The largest absolute Gasteiger partial charge is 0.305 e. The van der Waals surface area contributed by atoms with Crippen LogP contribution in [0.4, 0.5) is 0 Å². The minimum Gasteiger partial charge on any atom is -0.305 e. The van der Waals surface area contributed by atoms with Gasteiger partial charge in [-0.05, 0) is 47.9 Å². The van der Waals surface area contributed by atoms with Gasteiger partial charge in [-0.25, -0.2) is 0 Å². The first-order valence-electron chi connectivity index (χ1n) is 6.34. The van der Waals surface area contributed by atoms with Crippen LogP contribution in [0.1, 0.15) is 29.3 Å². The number of nitrogens with one attached hydrogen (secondary N) is 1. The van der Waals surface area contributed by atoms with Crippen LogP contribution in [-0.2, 0) is 6.54 Å². The highest BCUT2D eigenvalue weighted by atomic mass is 79.9. The summed E-state index contributed by atoms with van der Waals surface area (Å²) in [5.41, 5.74) is 1.34. The van der Waals surface area contributed by atoms with Gasteiger partial charge in [0.25, 0.3) is 0 Å². The molecule has 0 spiro atoms. The molecule has 1 nitrogen and oxygen atoms in total. The molecule has 3 rings (SSSR count). The van der Waals surface area contributed by atoms with Crippen molar-refractivity contribution in [2.24, 2.45) is 5.92 Å². The molecule has 3 heteroatoms. The summed E-state index contributed by atoms with van der Waals surface area (Å²) in [6, 6.07) is 13.5. The SMILES string of the molecule is Brc1cccc(CNC(c2cccs2)C2CC2)c1. The molecule has 1 N–H and O–H groups in total. The Morgan fingerprint density at radius 1 is 1.28 bits per heavy atom. The molecule has 0 aliphatic heterocycles. The minimum absolute atomic E-state index is 0.545. The van der Waals surface area contributed by atoms with Crippen LogP contribution in [0.3, 0.4) is 0 Å². The zero-order valence-corrected chi connectivity index (χ0v) is 12.5. The highest BCUT2D eigenvalue weighted by molar-refractivity contribution is 9.10. The Kier molecular flexibility index (Phi) is 3.83. The topological polar surface area (TPSA) is 12.0 Å². The van der Waals surface area contributed by atoms with Gasteiger partial charge < -0.3 is 5.32 Å². The van der Waals surface area contributed by atoms with Gasteiger partial charge in [-0.1, -0.05) is 34.1 Å². The van der Waals surface area contributed by atoms with E-state index >= 15 is 0 Å². The lowest BCUT2D eigenvalue weighted by atomic mass is 10.1. The van der Waals surface area contributed by atoms with E-state index in [1.807, 2.05) is 11.3 Å². The lowest BCUT2D eigenvalue weighted by molar-refractivity contribution is 0.487. The maximum Gasteiger partial charge on any atom is 0.0446 e. The minimum atomic E-state index is 0.545. The predicted octanol–water partition coefficient (Wildman–Crippen LogP) is 4.75. The molecule has 1 aliphatic rings. The molecular formula is C15H16BrNS. The molecule has 94 valence electrons. The zero-order valence-electron chi connectivity index (χ0n) is 10.1. The van der Waals surface area contributed by atoms with Gasteiger partial charge in [-0.15, -0.1) is 11.3 Å². The molecule has 1 aliphatic carbocycles. The quantitative estimate of drug-likeness (QED) is 0.837. The van der Waals surface area contributed by atoms with Crippen molar-refractivity contribution >= 4 is 27.3 Å². The third-order valence-corrected chi connectivity index (χ3v) is 4.81. The molecule has 0 saturated heterocycles. The van der Waals surface area contributed by atoms with Gasteiger partial charge in [0.2, 0.25) is 0 Å². The second-order valence-corrected chi connectivity index (χ2v) is 6.74. The first kappa shape index (κ1) is 12.4. The van der Waals surface area contributed by atoms with Crippen LogP contribution >= 0.6 is 27.3 Å². The summed E-state index contributed by atoms with van der Waals surface area (Å²) in [7, 11) is 0. The smallest absolute Gasteiger partial charge is 0.0446 e. The summed E-state index contributed by atoms with van der Waals surface area (Å²) >= 11 is 5.39. The van der Waals surface area contributed by atoms with Crippen LogP contribution in [0.2, 0.25) is 0 Å². The lowest BCUT2D eigenvalue weighted by Gasteiger charge is -2.17. The maximum atomic E-state index is 3.72. The van der Waals surface area contributed by atoms with Crippen LogP contribution in [-0.4, -0.2) is 0 Å². The van der Waals surface area contributed by atoms with E-state index in [4.69, 9.17) is 0 Å². The van der Waals surface area contributed by atoms with Gasteiger partial charge >= 0.3 is 0 Å². The predicted molar refractivity (Wildman–Crippen MR) is 80.8 cm³/mol. The van der Waals surface area contributed by atoms with E-state index < -0.39 is 0 Å². The molecule has 1 aromatic carbocycles. The highest BCUT2D eigenvalue weighted by Crippen LogP contribution is 2.42. The van der Waals surface area contributed by atoms with Crippen molar-refractivity contribution in [3.8, 4) is 0 Å². The Hall–Kier alpha value is -0.640. The van der Waals surface area contributed by atoms with E-state index in [-0.39, 0.29) is 0 Å². The van der Waals surface area contributed by atoms with Gasteiger partial charge in [0.05, 0.1) is 0 Å². The standard InChI is InChI=1S/C15H16BrNS/c16-13-4-1-3-11(9-13)10-17-15(12-6-7-12)14-5-2-8-18-14/h1-5,8-9,12,15,17H,6-7,10H2. The monoisotopic (exact) mass is 321 g/mol. The summed E-state index contributed by atoms with van der Waals surface area (Å²) in [6.45, 7) is 0.943. The van der Waals surface area contributed by atoms with Crippen molar-refractivity contribution in [3.05, 3.63) is 56.7 Å². The fraction of sp³-hybridized carbons (Fsp3) is 0.333. The van der Waals surface area contributed by atoms with Crippen LogP contribution in [0.5, 0.6) is 0 Å². The molecule has 1 atom stereocenters. The molecule has 1 saturated carbocycles. The average Bonchev–Trinajstić information content (AvgIpc) is 3.05. The Bertz CT molecular complexity index is 505. The van der Waals surface area contributed by atoms with E-state index in [9.17, 15) is 0 Å². The number of benzene rings is 1. The van der Waals surface area contributed by atoms with Crippen molar-refractivity contribution in [2.45, 2.75) is 25.4 Å². The second kappa shape index (κ2) is 5.55.